The molecule has 82 valence electrons. The van der Waals surface area contributed by atoms with Crippen molar-refractivity contribution in [2.24, 2.45) is 4.99 Å². The molecule has 0 aliphatic heterocycles. The van der Waals surface area contributed by atoms with Crippen LogP contribution in [0, 0.1) is 0 Å². The predicted octanol–water partition coefficient (Wildman–Crippen LogP) is 3.57. The van der Waals surface area contributed by atoms with E-state index in [0.29, 0.717) is 6.61 Å². The largest absolute Gasteiger partial charge is 0.448 e. The second-order valence-corrected chi connectivity index (χ2v) is 3.27. The van der Waals surface area contributed by atoms with Crippen LogP contribution in [0.3, 0.4) is 0 Å². The molecular weight excluding hydrogens is 178 g/mol. The highest BCUT2D eigenvalue weighted by Gasteiger charge is 1.96. The monoisotopic (exact) mass is 199 g/mol. The van der Waals surface area contributed by atoms with E-state index in [2.05, 4.69) is 11.9 Å². The predicted molar refractivity (Wildman–Crippen MR) is 58.9 cm³/mol. The van der Waals surface area contributed by atoms with Crippen molar-refractivity contribution in [1.29, 1.82) is 0 Å². The molecule has 0 rings (SSSR count). The van der Waals surface area contributed by atoms with Crippen LogP contribution in [-0.2, 0) is 4.74 Å². The maximum atomic E-state index is 10.8. The molecule has 3 nitrogen and oxygen atoms in total. The topological polar surface area (TPSA) is 38.7 Å². The lowest BCUT2D eigenvalue weighted by Gasteiger charge is -2.01. The summed E-state index contributed by atoms with van der Waals surface area (Å²) in [6.45, 7) is 4.40. The van der Waals surface area contributed by atoms with Gasteiger partial charge in [-0.15, -0.1) is 0 Å². The fraction of sp³-hybridized carbons (Fsp3) is 0.818. The molecule has 0 N–H and O–H groups in total. The van der Waals surface area contributed by atoms with Crippen LogP contribution in [0.4, 0.5) is 4.79 Å². The zero-order valence-electron chi connectivity index (χ0n) is 9.29. The van der Waals surface area contributed by atoms with Crippen LogP contribution in [0.15, 0.2) is 4.99 Å². The van der Waals surface area contributed by atoms with Crippen molar-refractivity contribution in [1.82, 2.24) is 0 Å². The van der Waals surface area contributed by atoms with Crippen LogP contribution in [0.1, 0.15) is 52.4 Å². The molecule has 0 aromatic rings. The Hall–Kier alpha value is -0.860. The average molecular weight is 199 g/mol. The molecule has 0 aliphatic rings. The van der Waals surface area contributed by atoms with Crippen molar-refractivity contribution < 1.29 is 9.53 Å². The zero-order chi connectivity index (χ0) is 10.6. The molecule has 0 saturated heterocycles. The molecule has 0 aliphatic carbocycles. The van der Waals surface area contributed by atoms with Gasteiger partial charge in [0, 0.05) is 6.21 Å². The summed E-state index contributed by atoms with van der Waals surface area (Å²) in [5.74, 6) is 0. The number of rotatable bonds is 7. The highest BCUT2D eigenvalue weighted by Crippen LogP contribution is 2.04. The smallest absolute Gasteiger partial charge is 0.433 e. The average Bonchev–Trinajstić information content (AvgIpc) is 2.17. The summed E-state index contributed by atoms with van der Waals surface area (Å²) >= 11 is 0. The number of carbonyl (C=O) groups excluding carboxylic acids is 1. The molecular formula is C11H21NO2. The summed E-state index contributed by atoms with van der Waals surface area (Å²) in [6, 6.07) is 0. The van der Waals surface area contributed by atoms with Crippen molar-refractivity contribution >= 4 is 12.3 Å². The molecule has 0 fully saturated rings. The Balaban J connectivity index is 3.09. The Morgan fingerprint density at radius 1 is 1.21 bits per heavy atom. The van der Waals surface area contributed by atoms with Gasteiger partial charge in [-0.25, -0.2) is 4.79 Å². The molecule has 0 unspecified atom stereocenters. The Morgan fingerprint density at radius 2 is 1.86 bits per heavy atom. The number of nitrogens with zero attached hydrogens (tertiary/aromatic N) is 1. The van der Waals surface area contributed by atoms with Gasteiger partial charge in [0.2, 0.25) is 0 Å². The third-order valence-electron chi connectivity index (χ3n) is 1.96. The maximum absolute atomic E-state index is 10.8. The lowest BCUT2D eigenvalue weighted by atomic mass is 10.1. The first-order chi connectivity index (χ1) is 6.81. The van der Waals surface area contributed by atoms with E-state index in [1.54, 1.807) is 6.92 Å². The van der Waals surface area contributed by atoms with Gasteiger partial charge in [0.25, 0.3) is 0 Å². The SMILES string of the molecule is CC=NC(=O)OCCCCCCCC. The first kappa shape index (κ1) is 13.1. The van der Waals surface area contributed by atoms with E-state index in [1.165, 1.54) is 31.9 Å². The van der Waals surface area contributed by atoms with Crippen molar-refractivity contribution in [3.8, 4) is 0 Å². The second-order valence-electron chi connectivity index (χ2n) is 3.27. The lowest BCUT2D eigenvalue weighted by molar-refractivity contribution is 0.155. The summed E-state index contributed by atoms with van der Waals surface area (Å²) in [7, 11) is 0. The molecule has 0 atom stereocenters. The molecule has 0 aromatic carbocycles. The van der Waals surface area contributed by atoms with E-state index in [4.69, 9.17) is 4.74 Å². The van der Waals surface area contributed by atoms with Gasteiger partial charge in [-0.1, -0.05) is 39.0 Å². The highest BCUT2D eigenvalue weighted by atomic mass is 16.5. The van der Waals surface area contributed by atoms with Gasteiger partial charge < -0.3 is 4.74 Å². The molecule has 0 spiro atoms. The van der Waals surface area contributed by atoms with Gasteiger partial charge in [0.05, 0.1) is 6.61 Å². The fourth-order valence-electron chi connectivity index (χ4n) is 1.18. The summed E-state index contributed by atoms with van der Waals surface area (Å²) in [5.41, 5.74) is 0. The number of carbonyl (C=O) groups is 1. The quantitative estimate of drug-likeness (QED) is 0.464. The molecule has 3 heteroatoms. The minimum Gasteiger partial charge on any atom is -0.448 e. The third-order valence-corrected chi connectivity index (χ3v) is 1.96. The van der Waals surface area contributed by atoms with Crippen molar-refractivity contribution in [3.63, 3.8) is 0 Å². The van der Waals surface area contributed by atoms with Crippen LogP contribution in [-0.4, -0.2) is 18.9 Å². The highest BCUT2D eigenvalue weighted by molar-refractivity contribution is 5.78. The van der Waals surface area contributed by atoms with E-state index in [0.717, 1.165) is 12.8 Å². The summed E-state index contributed by atoms with van der Waals surface area (Å²) in [4.78, 5) is 14.2. The van der Waals surface area contributed by atoms with Gasteiger partial charge in [-0.2, -0.15) is 4.99 Å². The molecule has 14 heavy (non-hydrogen) atoms. The Morgan fingerprint density at radius 3 is 2.50 bits per heavy atom. The van der Waals surface area contributed by atoms with Gasteiger partial charge in [-0.05, 0) is 13.3 Å². The van der Waals surface area contributed by atoms with Crippen LogP contribution >= 0.6 is 0 Å². The van der Waals surface area contributed by atoms with Crippen molar-refractivity contribution in [2.45, 2.75) is 52.4 Å². The number of amides is 1. The summed E-state index contributed by atoms with van der Waals surface area (Å²) in [6.07, 6.45) is 8.17. The molecule has 0 bridgehead atoms. The molecule has 1 amide bonds. The van der Waals surface area contributed by atoms with E-state index >= 15 is 0 Å². The standard InChI is InChI=1S/C11H21NO2/c1-3-5-6-7-8-9-10-14-11(13)12-4-2/h4H,3,5-10H2,1-2H3. The number of ether oxygens (including phenoxy) is 1. The fourth-order valence-corrected chi connectivity index (χ4v) is 1.18. The Labute approximate surface area is 86.6 Å². The van der Waals surface area contributed by atoms with Gasteiger partial charge in [0.1, 0.15) is 0 Å². The summed E-state index contributed by atoms with van der Waals surface area (Å²) in [5, 5.41) is 0. The van der Waals surface area contributed by atoms with Gasteiger partial charge in [-0.3, -0.25) is 0 Å². The summed E-state index contributed by atoms with van der Waals surface area (Å²) < 4.78 is 4.85. The first-order valence-electron chi connectivity index (χ1n) is 5.46. The molecule has 0 radical (unpaired) electrons. The first-order valence-corrected chi connectivity index (χ1v) is 5.46. The van der Waals surface area contributed by atoms with E-state index in [-0.39, 0.29) is 0 Å². The van der Waals surface area contributed by atoms with Crippen LogP contribution in [0.25, 0.3) is 0 Å². The normalized spacial score (nSPS) is 10.7. The minimum absolute atomic E-state index is 0.471. The van der Waals surface area contributed by atoms with Gasteiger partial charge >= 0.3 is 6.09 Å². The minimum atomic E-state index is -0.471. The van der Waals surface area contributed by atoms with E-state index < -0.39 is 6.09 Å². The van der Waals surface area contributed by atoms with Crippen molar-refractivity contribution in [2.75, 3.05) is 6.61 Å². The van der Waals surface area contributed by atoms with E-state index in [9.17, 15) is 4.79 Å². The number of hydrogen-bond donors (Lipinski definition) is 0. The van der Waals surface area contributed by atoms with E-state index in [1.807, 2.05) is 0 Å². The lowest BCUT2D eigenvalue weighted by Crippen LogP contribution is -2.00. The molecule has 0 aromatic heterocycles. The van der Waals surface area contributed by atoms with Crippen LogP contribution < -0.4 is 0 Å². The molecule has 0 heterocycles. The van der Waals surface area contributed by atoms with Crippen LogP contribution in [0.2, 0.25) is 0 Å². The number of unbranched alkanes of at least 4 members (excludes halogenated alkanes) is 5. The third kappa shape index (κ3) is 9.23. The van der Waals surface area contributed by atoms with Crippen LogP contribution in [0.5, 0.6) is 0 Å². The van der Waals surface area contributed by atoms with Crippen molar-refractivity contribution in [3.05, 3.63) is 0 Å². The second kappa shape index (κ2) is 10.2. The van der Waals surface area contributed by atoms with Gasteiger partial charge in [0.15, 0.2) is 0 Å². The maximum Gasteiger partial charge on any atom is 0.433 e. The number of aliphatic imine (C=N–C) groups is 1. The molecule has 0 saturated carbocycles. The zero-order valence-corrected chi connectivity index (χ0v) is 9.29. The number of hydrogen-bond acceptors (Lipinski definition) is 2. The Bertz CT molecular complexity index is 167. The Kier molecular flexibility index (Phi) is 9.59.